The fourth-order valence-corrected chi connectivity index (χ4v) is 2.36. The first-order valence-corrected chi connectivity index (χ1v) is 7.77. The van der Waals surface area contributed by atoms with E-state index in [2.05, 4.69) is 10.6 Å². The van der Waals surface area contributed by atoms with E-state index in [0.717, 1.165) is 0 Å². The molecule has 0 fully saturated rings. The van der Waals surface area contributed by atoms with Gasteiger partial charge in [0.25, 0.3) is 5.91 Å². The minimum Gasteiger partial charge on any atom is -0.324 e. The van der Waals surface area contributed by atoms with Crippen LogP contribution in [0.3, 0.4) is 0 Å². The first-order chi connectivity index (χ1) is 11.4. The molecular weight excluding hydrogens is 351 g/mol. The zero-order valence-corrected chi connectivity index (χ0v) is 14.2. The Morgan fingerprint density at radius 1 is 0.917 bits per heavy atom. The lowest BCUT2D eigenvalue weighted by molar-refractivity contribution is -0.124. The van der Waals surface area contributed by atoms with E-state index in [0.29, 0.717) is 11.3 Å². The van der Waals surface area contributed by atoms with Crippen LogP contribution in [0.1, 0.15) is 23.7 Å². The molecule has 0 saturated carbocycles. The lowest BCUT2D eigenvalue weighted by atomic mass is 10.2. The number of amides is 2. The van der Waals surface area contributed by atoms with Gasteiger partial charge >= 0.3 is 0 Å². The maximum Gasteiger partial charge on any atom is 0.255 e. The predicted molar refractivity (Wildman–Crippen MR) is 94.8 cm³/mol. The molecule has 0 aliphatic heterocycles. The Balaban J connectivity index is 2.16. The molecule has 0 aliphatic rings. The summed E-state index contributed by atoms with van der Waals surface area (Å²) in [7, 11) is 0. The minimum atomic E-state index is -0.485. The lowest BCUT2D eigenvalue weighted by Gasteiger charge is -2.12. The highest BCUT2D eigenvalue weighted by Crippen LogP contribution is 2.33. The summed E-state index contributed by atoms with van der Waals surface area (Å²) in [6.07, 6.45) is -0.250. The van der Waals surface area contributed by atoms with Gasteiger partial charge < -0.3 is 10.6 Å². The van der Waals surface area contributed by atoms with Gasteiger partial charge in [0, 0.05) is 5.56 Å². The summed E-state index contributed by atoms with van der Waals surface area (Å²) in [5, 5.41) is 5.57. The average molecular weight is 365 g/mol. The van der Waals surface area contributed by atoms with Crippen molar-refractivity contribution >= 4 is 52.2 Å². The predicted octanol–water partition coefficient (Wildman–Crippen LogP) is 4.16. The normalized spacial score (nSPS) is 10.1. The van der Waals surface area contributed by atoms with Crippen LogP contribution >= 0.6 is 23.2 Å². The van der Waals surface area contributed by atoms with Gasteiger partial charge in [-0.25, -0.2) is 0 Å². The van der Waals surface area contributed by atoms with Crippen molar-refractivity contribution < 1.29 is 14.4 Å². The molecule has 2 aromatic carbocycles. The number of Topliss-reactive ketones (excluding diaryl/α,β-unsaturated/α-hetero) is 1. The second-order valence-corrected chi connectivity index (χ2v) is 5.87. The number of hydrogen-bond acceptors (Lipinski definition) is 3. The molecule has 124 valence electrons. The zero-order chi connectivity index (χ0) is 17.7. The van der Waals surface area contributed by atoms with Crippen molar-refractivity contribution in [1.82, 2.24) is 0 Å². The fourth-order valence-electron chi connectivity index (χ4n) is 1.94. The van der Waals surface area contributed by atoms with Gasteiger partial charge in [-0.05, 0) is 31.2 Å². The minimum absolute atomic E-state index is 0.194. The third-order valence-electron chi connectivity index (χ3n) is 3.02. The topological polar surface area (TPSA) is 75.3 Å². The van der Waals surface area contributed by atoms with Gasteiger partial charge in [0.15, 0.2) is 0 Å². The number of rotatable bonds is 5. The highest BCUT2D eigenvalue weighted by molar-refractivity contribution is 6.38. The van der Waals surface area contributed by atoms with E-state index in [-0.39, 0.29) is 33.8 Å². The molecule has 0 unspecified atom stereocenters. The Labute approximate surface area is 149 Å². The molecule has 2 N–H and O–H groups in total. The number of anilines is 2. The van der Waals surface area contributed by atoms with E-state index in [1.807, 2.05) is 0 Å². The fraction of sp³-hybridized carbons (Fsp3) is 0.118. The monoisotopic (exact) mass is 364 g/mol. The number of halogens is 2. The lowest BCUT2D eigenvalue weighted by Crippen LogP contribution is -2.15. The highest BCUT2D eigenvalue weighted by atomic mass is 35.5. The summed E-state index contributed by atoms with van der Waals surface area (Å²) in [4.78, 5) is 34.7. The molecule has 0 heterocycles. The van der Waals surface area contributed by atoms with Crippen LogP contribution in [0.15, 0.2) is 42.5 Å². The average Bonchev–Trinajstić information content (AvgIpc) is 2.52. The molecule has 0 aromatic heterocycles. The maximum absolute atomic E-state index is 12.1. The van der Waals surface area contributed by atoms with Crippen LogP contribution in [0.2, 0.25) is 10.0 Å². The first kappa shape index (κ1) is 18.0. The maximum atomic E-state index is 12.1. The molecule has 0 radical (unpaired) electrons. The summed E-state index contributed by atoms with van der Waals surface area (Å²) >= 11 is 12.2. The van der Waals surface area contributed by atoms with Crippen molar-refractivity contribution in [3.05, 3.63) is 58.1 Å². The van der Waals surface area contributed by atoms with E-state index in [9.17, 15) is 14.4 Å². The molecule has 2 aromatic rings. The second-order valence-electron chi connectivity index (χ2n) is 5.06. The highest BCUT2D eigenvalue weighted by Gasteiger charge is 2.14. The van der Waals surface area contributed by atoms with E-state index < -0.39 is 5.91 Å². The summed E-state index contributed by atoms with van der Waals surface area (Å²) in [6, 6.07) is 11.5. The Hall–Kier alpha value is -2.37. The summed E-state index contributed by atoms with van der Waals surface area (Å²) in [5.74, 6) is -1.08. The molecule has 0 aliphatic carbocycles. The van der Waals surface area contributed by atoms with Crippen molar-refractivity contribution in [2.45, 2.75) is 13.3 Å². The van der Waals surface area contributed by atoms with Crippen LogP contribution < -0.4 is 10.6 Å². The van der Waals surface area contributed by atoms with Crippen LogP contribution in [-0.2, 0) is 9.59 Å². The van der Waals surface area contributed by atoms with Gasteiger partial charge in [0.1, 0.15) is 5.78 Å². The molecule has 0 spiro atoms. The Kier molecular flexibility index (Phi) is 5.95. The number of carbonyl (C=O) groups excluding carboxylic acids is 3. The Bertz CT molecular complexity index is 792. The molecule has 0 saturated heterocycles. The van der Waals surface area contributed by atoms with E-state index in [1.54, 1.807) is 30.3 Å². The molecule has 0 atom stereocenters. The van der Waals surface area contributed by atoms with Gasteiger partial charge in [-0.1, -0.05) is 41.4 Å². The van der Waals surface area contributed by atoms with Gasteiger partial charge in [-0.3, -0.25) is 14.4 Å². The van der Waals surface area contributed by atoms with Crippen molar-refractivity contribution in [3.63, 3.8) is 0 Å². The number of ketones is 1. The van der Waals surface area contributed by atoms with Crippen molar-refractivity contribution in [1.29, 1.82) is 0 Å². The standard InChI is InChI=1S/C17H14Cl2N2O3/c1-10(22)7-16(23)20-14-8-13(19)15(9-12(14)18)21-17(24)11-5-3-2-4-6-11/h2-6,8-9H,7H2,1H3,(H,20,23)(H,21,24). The van der Waals surface area contributed by atoms with Crippen molar-refractivity contribution in [2.75, 3.05) is 10.6 Å². The van der Waals surface area contributed by atoms with Crippen LogP contribution in [0.4, 0.5) is 11.4 Å². The first-order valence-electron chi connectivity index (χ1n) is 7.01. The Morgan fingerprint density at radius 2 is 1.46 bits per heavy atom. The van der Waals surface area contributed by atoms with E-state index >= 15 is 0 Å². The molecule has 24 heavy (non-hydrogen) atoms. The smallest absolute Gasteiger partial charge is 0.255 e. The third kappa shape index (κ3) is 4.81. The van der Waals surface area contributed by atoms with Crippen LogP contribution in [0.25, 0.3) is 0 Å². The molecule has 0 bridgehead atoms. The molecule has 5 nitrogen and oxygen atoms in total. The quantitative estimate of drug-likeness (QED) is 0.782. The van der Waals surface area contributed by atoms with Crippen LogP contribution in [0.5, 0.6) is 0 Å². The Morgan fingerprint density at radius 3 is 2.00 bits per heavy atom. The largest absolute Gasteiger partial charge is 0.324 e. The molecule has 7 heteroatoms. The van der Waals surface area contributed by atoms with Gasteiger partial charge in [-0.2, -0.15) is 0 Å². The summed E-state index contributed by atoms with van der Waals surface area (Å²) in [5.41, 5.74) is 1.06. The number of benzene rings is 2. The van der Waals surface area contributed by atoms with Crippen molar-refractivity contribution in [3.8, 4) is 0 Å². The van der Waals surface area contributed by atoms with Crippen LogP contribution in [-0.4, -0.2) is 17.6 Å². The van der Waals surface area contributed by atoms with E-state index in [1.165, 1.54) is 19.1 Å². The van der Waals surface area contributed by atoms with Crippen LogP contribution in [0, 0.1) is 0 Å². The summed E-state index contributed by atoms with van der Waals surface area (Å²) < 4.78 is 0. The second kappa shape index (κ2) is 7.95. The molecule has 2 amide bonds. The number of hydrogen-bond donors (Lipinski definition) is 2. The van der Waals surface area contributed by atoms with Gasteiger partial charge in [-0.15, -0.1) is 0 Å². The number of nitrogens with one attached hydrogen (secondary N) is 2. The molecular formula is C17H14Cl2N2O3. The zero-order valence-electron chi connectivity index (χ0n) is 12.7. The van der Waals surface area contributed by atoms with Crippen molar-refractivity contribution in [2.24, 2.45) is 0 Å². The third-order valence-corrected chi connectivity index (χ3v) is 3.65. The van der Waals surface area contributed by atoms with E-state index in [4.69, 9.17) is 23.2 Å². The van der Waals surface area contributed by atoms with Gasteiger partial charge in [0.05, 0.1) is 27.8 Å². The SMILES string of the molecule is CC(=O)CC(=O)Nc1cc(Cl)c(NC(=O)c2ccccc2)cc1Cl. The molecule has 2 rings (SSSR count). The number of carbonyl (C=O) groups is 3. The summed E-state index contributed by atoms with van der Waals surface area (Å²) in [6.45, 7) is 1.32. The van der Waals surface area contributed by atoms with Gasteiger partial charge in [0.2, 0.25) is 5.91 Å².